The molecule has 0 bridgehead atoms. The van der Waals surface area contributed by atoms with Gasteiger partial charge in [-0.2, -0.15) is 9.57 Å². The first kappa shape index (κ1) is 16.1. The van der Waals surface area contributed by atoms with E-state index in [1.807, 2.05) is 6.07 Å². The van der Waals surface area contributed by atoms with E-state index >= 15 is 0 Å². The predicted octanol–water partition coefficient (Wildman–Crippen LogP) is 2.66. The Morgan fingerprint density at radius 2 is 2.19 bits per heavy atom. The summed E-state index contributed by atoms with van der Waals surface area (Å²) in [5.41, 5.74) is 0. The van der Waals surface area contributed by atoms with Gasteiger partial charge < -0.3 is 4.74 Å². The number of ether oxygens (including phenoxy) is 1. The van der Waals surface area contributed by atoms with Crippen LogP contribution in [0.4, 0.5) is 0 Å². The van der Waals surface area contributed by atoms with Gasteiger partial charge >= 0.3 is 0 Å². The van der Waals surface area contributed by atoms with Crippen LogP contribution in [0.2, 0.25) is 5.02 Å². The zero-order valence-corrected chi connectivity index (χ0v) is 13.3. The van der Waals surface area contributed by atoms with Gasteiger partial charge in [-0.25, -0.2) is 8.42 Å². The molecule has 1 fully saturated rings. The van der Waals surface area contributed by atoms with E-state index in [0.29, 0.717) is 18.2 Å². The Morgan fingerprint density at radius 3 is 2.76 bits per heavy atom. The summed E-state index contributed by atoms with van der Waals surface area (Å²) in [6.45, 7) is 0.625. The summed E-state index contributed by atoms with van der Waals surface area (Å²) < 4.78 is 32.0. The Morgan fingerprint density at radius 1 is 1.48 bits per heavy atom. The minimum Gasteiger partial charge on any atom is -0.497 e. The molecule has 0 radical (unpaired) electrons. The van der Waals surface area contributed by atoms with Gasteiger partial charge in [0.25, 0.3) is 0 Å². The molecule has 1 aromatic rings. The summed E-state index contributed by atoms with van der Waals surface area (Å²) >= 11 is 6.04. The second kappa shape index (κ2) is 6.65. The van der Waals surface area contributed by atoms with Gasteiger partial charge in [0.05, 0.1) is 18.2 Å². The Kier molecular flexibility index (Phi) is 5.09. The number of halogens is 1. The summed E-state index contributed by atoms with van der Waals surface area (Å²) in [6, 6.07) is 6.53. The molecule has 114 valence electrons. The van der Waals surface area contributed by atoms with Crippen molar-refractivity contribution in [3.05, 3.63) is 23.2 Å². The van der Waals surface area contributed by atoms with Crippen molar-refractivity contribution in [3.63, 3.8) is 0 Å². The maximum absolute atomic E-state index is 12.8. The van der Waals surface area contributed by atoms with Crippen LogP contribution in [-0.4, -0.2) is 32.9 Å². The minimum absolute atomic E-state index is 0.0297. The molecular formula is C14H17ClN2O3S. The van der Waals surface area contributed by atoms with Crippen LogP contribution in [0, 0.1) is 17.2 Å². The number of methoxy groups -OCH3 is 1. The molecule has 2 rings (SSSR count). The SMILES string of the molecule is COc1ccc(Cl)c(S(=O)(=O)N(CCC#N)CC2CC2)c1. The van der Waals surface area contributed by atoms with Gasteiger partial charge in [-0.05, 0) is 30.9 Å². The average molecular weight is 329 g/mol. The first-order valence-corrected chi connectivity index (χ1v) is 8.51. The fourth-order valence-corrected chi connectivity index (χ4v) is 4.03. The van der Waals surface area contributed by atoms with E-state index in [1.54, 1.807) is 6.07 Å². The molecule has 0 aromatic heterocycles. The molecule has 0 spiro atoms. The van der Waals surface area contributed by atoms with E-state index in [1.165, 1.54) is 23.5 Å². The molecule has 1 saturated carbocycles. The molecule has 1 aliphatic rings. The molecule has 0 aliphatic heterocycles. The van der Waals surface area contributed by atoms with Crippen LogP contribution in [0.3, 0.4) is 0 Å². The first-order valence-electron chi connectivity index (χ1n) is 6.69. The quantitative estimate of drug-likeness (QED) is 0.771. The van der Waals surface area contributed by atoms with Crippen LogP contribution < -0.4 is 4.74 Å². The molecule has 1 aliphatic carbocycles. The second-order valence-corrected chi connectivity index (χ2v) is 7.32. The first-order chi connectivity index (χ1) is 9.98. The summed E-state index contributed by atoms with van der Waals surface area (Å²) in [5, 5.41) is 8.88. The van der Waals surface area contributed by atoms with Gasteiger partial charge in [0.1, 0.15) is 10.6 Å². The summed E-state index contributed by atoms with van der Waals surface area (Å²) in [6.07, 6.45) is 2.22. The predicted molar refractivity (Wildman–Crippen MR) is 79.7 cm³/mol. The van der Waals surface area contributed by atoms with Crippen LogP contribution >= 0.6 is 11.6 Å². The summed E-state index contributed by atoms with van der Waals surface area (Å²) in [5.74, 6) is 0.826. The summed E-state index contributed by atoms with van der Waals surface area (Å²) in [7, 11) is -2.25. The highest BCUT2D eigenvalue weighted by molar-refractivity contribution is 7.89. The Bertz CT molecular complexity index is 651. The number of sulfonamides is 1. The van der Waals surface area contributed by atoms with Crippen molar-refractivity contribution in [2.24, 2.45) is 5.92 Å². The van der Waals surface area contributed by atoms with E-state index in [-0.39, 0.29) is 22.9 Å². The standard InChI is InChI=1S/C14H17ClN2O3S/c1-20-12-5-6-13(15)14(9-12)21(18,19)17(8-2-7-16)10-11-3-4-11/h5-6,9,11H,2-4,8,10H2,1H3. The fraction of sp³-hybridized carbons (Fsp3) is 0.500. The highest BCUT2D eigenvalue weighted by Gasteiger charge is 2.32. The lowest BCUT2D eigenvalue weighted by Crippen LogP contribution is -2.34. The largest absolute Gasteiger partial charge is 0.497 e. The van der Waals surface area contributed by atoms with Crippen molar-refractivity contribution in [1.82, 2.24) is 4.31 Å². The minimum atomic E-state index is -3.72. The average Bonchev–Trinajstić information content (AvgIpc) is 3.27. The third-order valence-corrected chi connectivity index (χ3v) is 5.73. The van der Waals surface area contributed by atoms with Gasteiger partial charge in [-0.15, -0.1) is 0 Å². The van der Waals surface area contributed by atoms with Crippen molar-refractivity contribution in [1.29, 1.82) is 5.26 Å². The molecule has 0 unspecified atom stereocenters. The van der Waals surface area contributed by atoms with Crippen LogP contribution in [-0.2, 0) is 10.0 Å². The number of rotatable bonds is 7. The van der Waals surface area contributed by atoms with Crippen molar-refractivity contribution in [2.75, 3.05) is 20.2 Å². The molecule has 5 nitrogen and oxygen atoms in total. The van der Waals surface area contributed by atoms with Gasteiger partial charge in [-0.3, -0.25) is 0 Å². The number of hydrogen-bond donors (Lipinski definition) is 0. The third kappa shape index (κ3) is 3.88. The molecule has 0 heterocycles. The molecular weight excluding hydrogens is 312 g/mol. The monoisotopic (exact) mass is 328 g/mol. The Balaban J connectivity index is 2.34. The molecule has 1 aromatic carbocycles. The number of benzene rings is 1. The maximum atomic E-state index is 12.8. The number of hydrogen-bond acceptors (Lipinski definition) is 4. The highest BCUT2D eigenvalue weighted by atomic mass is 35.5. The lowest BCUT2D eigenvalue weighted by atomic mass is 10.3. The van der Waals surface area contributed by atoms with Gasteiger partial charge in [-0.1, -0.05) is 11.6 Å². The highest BCUT2D eigenvalue weighted by Crippen LogP contribution is 2.34. The van der Waals surface area contributed by atoms with Crippen molar-refractivity contribution in [3.8, 4) is 11.8 Å². The Labute approximate surface area is 130 Å². The fourth-order valence-electron chi connectivity index (χ4n) is 2.02. The Hall–Kier alpha value is -1.29. The normalized spacial score (nSPS) is 15.0. The van der Waals surface area contributed by atoms with Crippen LogP contribution in [0.25, 0.3) is 0 Å². The lowest BCUT2D eigenvalue weighted by Gasteiger charge is -2.22. The smallest absolute Gasteiger partial charge is 0.244 e. The third-order valence-electron chi connectivity index (χ3n) is 3.39. The summed E-state index contributed by atoms with van der Waals surface area (Å²) in [4.78, 5) is 0.0297. The van der Waals surface area contributed by atoms with Gasteiger partial charge in [0, 0.05) is 25.6 Å². The van der Waals surface area contributed by atoms with Gasteiger partial charge in [0.15, 0.2) is 0 Å². The van der Waals surface area contributed by atoms with E-state index < -0.39 is 10.0 Å². The van der Waals surface area contributed by atoms with E-state index in [4.69, 9.17) is 21.6 Å². The van der Waals surface area contributed by atoms with Crippen LogP contribution in [0.5, 0.6) is 5.75 Å². The zero-order valence-electron chi connectivity index (χ0n) is 11.8. The van der Waals surface area contributed by atoms with E-state index in [2.05, 4.69) is 0 Å². The lowest BCUT2D eigenvalue weighted by molar-refractivity contribution is 0.399. The molecule has 0 N–H and O–H groups in total. The second-order valence-electron chi connectivity index (χ2n) is 5.01. The van der Waals surface area contributed by atoms with Gasteiger partial charge in [0.2, 0.25) is 10.0 Å². The molecule has 0 saturated heterocycles. The molecule has 0 amide bonds. The van der Waals surface area contributed by atoms with Crippen molar-refractivity contribution >= 4 is 21.6 Å². The van der Waals surface area contributed by atoms with Crippen molar-refractivity contribution in [2.45, 2.75) is 24.2 Å². The molecule has 21 heavy (non-hydrogen) atoms. The van der Waals surface area contributed by atoms with Crippen molar-refractivity contribution < 1.29 is 13.2 Å². The molecule has 7 heteroatoms. The van der Waals surface area contributed by atoms with Crippen LogP contribution in [0.15, 0.2) is 23.1 Å². The van der Waals surface area contributed by atoms with E-state index in [9.17, 15) is 8.42 Å². The number of nitrogens with zero attached hydrogens (tertiary/aromatic N) is 2. The van der Waals surface area contributed by atoms with Crippen LogP contribution in [0.1, 0.15) is 19.3 Å². The maximum Gasteiger partial charge on any atom is 0.244 e. The van der Waals surface area contributed by atoms with E-state index in [0.717, 1.165) is 12.8 Å². The number of nitriles is 1. The zero-order chi connectivity index (χ0) is 15.5. The molecule has 0 atom stereocenters. The topological polar surface area (TPSA) is 70.4 Å².